The van der Waals surface area contributed by atoms with E-state index in [-0.39, 0.29) is 5.56 Å². The highest BCUT2D eigenvalue weighted by Crippen LogP contribution is 2.30. The van der Waals surface area contributed by atoms with Gasteiger partial charge >= 0.3 is 5.97 Å². The second-order valence-electron chi connectivity index (χ2n) is 2.83. The topological polar surface area (TPSA) is 55.8 Å². The monoisotopic (exact) mass is 196 g/mol. The summed E-state index contributed by atoms with van der Waals surface area (Å²) in [7, 11) is 2.98. The molecule has 0 aliphatic carbocycles. The predicted molar refractivity (Wildman–Crippen MR) is 51.2 cm³/mol. The van der Waals surface area contributed by atoms with E-state index in [0.717, 1.165) is 0 Å². The normalized spacial score (nSPS) is 9.64. The van der Waals surface area contributed by atoms with Crippen LogP contribution in [0.2, 0.25) is 0 Å². The molecule has 0 unspecified atom stereocenters. The van der Waals surface area contributed by atoms with Crippen molar-refractivity contribution >= 4 is 5.97 Å². The maximum Gasteiger partial charge on any atom is 0.336 e. The Labute approximate surface area is 82.1 Å². The first-order chi connectivity index (χ1) is 6.60. The van der Waals surface area contributed by atoms with E-state index in [1.54, 1.807) is 13.0 Å². The summed E-state index contributed by atoms with van der Waals surface area (Å²) in [6.45, 7) is 1.71. The summed E-state index contributed by atoms with van der Waals surface area (Å²) in [5, 5.41) is 8.85. The molecule has 1 aromatic carbocycles. The minimum absolute atomic E-state index is 0.225. The van der Waals surface area contributed by atoms with Gasteiger partial charge in [-0.15, -0.1) is 0 Å². The number of carboxylic acid groups (broad SMARTS) is 1. The molecule has 1 aromatic rings. The molecular weight excluding hydrogens is 184 g/mol. The number of aromatic carboxylic acids is 1. The van der Waals surface area contributed by atoms with Crippen molar-refractivity contribution in [3.8, 4) is 11.5 Å². The van der Waals surface area contributed by atoms with Crippen LogP contribution in [0.1, 0.15) is 15.9 Å². The fourth-order valence-corrected chi connectivity index (χ4v) is 1.21. The largest absolute Gasteiger partial charge is 0.493 e. The molecule has 14 heavy (non-hydrogen) atoms. The van der Waals surface area contributed by atoms with Gasteiger partial charge in [0.2, 0.25) is 0 Å². The maximum atomic E-state index is 10.8. The van der Waals surface area contributed by atoms with Crippen molar-refractivity contribution in [3.05, 3.63) is 23.3 Å². The molecule has 0 heterocycles. The highest BCUT2D eigenvalue weighted by atomic mass is 16.5. The third-order valence-corrected chi connectivity index (χ3v) is 1.96. The van der Waals surface area contributed by atoms with Gasteiger partial charge in [-0.25, -0.2) is 4.79 Å². The van der Waals surface area contributed by atoms with E-state index in [9.17, 15) is 4.79 Å². The first kappa shape index (κ1) is 10.4. The molecule has 4 heteroatoms. The van der Waals surface area contributed by atoms with Crippen LogP contribution < -0.4 is 9.47 Å². The van der Waals surface area contributed by atoms with Gasteiger partial charge in [-0.1, -0.05) is 0 Å². The zero-order chi connectivity index (χ0) is 10.7. The molecule has 0 saturated carbocycles. The highest BCUT2D eigenvalue weighted by molar-refractivity contribution is 5.90. The summed E-state index contributed by atoms with van der Waals surface area (Å²) >= 11 is 0. The average Bonchev–Trinajstić information content (AvgIpc) is 2.16. The van der Waals surface area contributed by atoms with Crippen LogP contribution in [-0.4, -0.2) is 25.3 Å². The van der Waals surface area contributed by atoms with Crippen molar-refractivity contribution in [1.82, 2.24) is 0 Å². The quantitative estimate of drug-likeness (QED) is 0.799. The number of ether oxygens (including phenoxy) is 2. The van der Waals surface area contributed by atoms with Crippen molar-refractivity contribution in [2.45, 2.75) is 6.92 Å². The molecule has 1 rings (SSSR count). The van der Waals surface area contributed by atoms with E-state index in [0.29, 0.717) is 17.1 Å². The molecule has 0 aliphatic heterocycles. The van der Waals surface area contributed by atoms with Gasteiger partial charge in [0, 0.05) is 0 Å². The van der Waals surface area contributed by atoms with E-state index in [4.69, 9.17) is 14.6 Å². The highest BCUT2D eigenvalue weighted by Gasteiger charge is 2.12. The molecule has 0 aliphatic rings. The molecule has 1 N–H and O–H groups in total. The first-order valence-electron chi connectivity index (χ1n) is 4.06. The minimum atomic E-state index is -0.969. The summed E-state index contributed by atoms with van der Waals surface area (Å²) in [5.74, 6) is -0.00560. The lowest BCUT2D eigenvalue weighted by Gasteiger charge is -2.10. The smallest absolute Gasteiger partial charge is 0.336 e. The molecule has 0 atom stereocenters. The molecule has 0 aromatic heterocycles. The fraction of sp³-hybridized carbons (Fsp3) is 0.300. The van der Waals surface area contributed by atoms with E-state index in [1.165, 1.54) is 20.3 Å². The minimum Gasteiger partial charge on any atom is -0.493 e. The zero-order valence-electron chi connectivity index (χ0n) is 8.33. The van der Waals surface area contributed by atoms with Crippen LogP contribution >= 0.6 is 0 Å². The second kappa shape index (κ2) is 4.00. The van der Waals surface area contributed by atoms with Gasteiger partial charge in [-0.05, 0) is 24.6 Å². The zero-order valence-corrected chi connectivity index (χ0v) is 8.33. The Morgan fingerprint density at radius 1 is 1.21 bits per heavy atom. The van der Waals surface area contributed by atoms with E-state index in [1.807, 2.05) is 0 Å². The predicted octanol–water partition coefficient (Wildman–Crippen LogP) is 1.71. The van der Waals surface area contributed by atoms with Crippen LogP contribution in [0.4, 0.5) is 0 Å². The number of hydrogen-bond acceptors (Lipinski definition) is 3. The van der Waals surface area contributed by atoms with Gasteiger partial charge in [0.1, 0.15) is 0 Å². The summed E-state index contributed by atoms with van der Waals surface area (Å²) < 4.78 is 10.0. The van der Waals surface area contributed by atoms with Crippen LogP contribution in [0.5, 0.6) is 11.5 Å². The number of benzene rings is 1. The van der Waals surface area contributed by atoms with Crippen LogP contribution in [0.25, 0.3) is 0 Å². The lowest BCUT2D eigenvalue weighted by atomic mass is 10.1. The number of carboxylic acids is 1. The lowest BCUT2D eigenvalue weighted by Crippen LogP contribution is -2.01. The van der Waals surface area contributed by atoms with Crippen molar-refractivity contribution in [2.75, 3.05) is 14.2 Å². The molecule has 0 spiro atoms. The van der Waals surface area contributed by atoms with Crippen molar-refractivity contribution < 1.29 is 19.4 Å². The van der Waals surface area contributed by atoms with E-state index < -0.39 is 5.97 Å². The molecule has 4 nitrogen and oxygen atoms in total. The molecule has 0 fully saturated rings. The van der Waals surface area contributed by atoms with Crippen molar-refractivity contribution in [3.63, 3.8) is 0 Å². The van der Waals surface area contributed by atoms with Gasteiger partial charge in [0.15, 0.2) is 11.5 Å². The summed E-state index contributed by atoms with van der Waals surface area (Å²) in [6.07, 6.45) is 0. The average molecular weight is 196 g/mol. The summed E-state index contributed by atoms with van der Waals surface area (Å²) in [4.78, 5) is 10.8. The van der Waals surface area contributed by atoms with Crippen LogP contribution in [0, 0.1) is 6.92 Å². The van der Waals surface area contributed by atoms with Crippen molar-refractivity contribution in [2.24, 2.45) is 0 Å². The first-order valence-corrected chi connectivity index (χ1v) is 4.06. The standard InChI is InChI=1S/C10H12O4/c1-6-4-8(13-2)9(14-3)5-7(6)10(11)12/h4-5H,1-3H3,(H,11,12). The molecule has 0 bridgehead atoms. The summed E-state index contributed by atoms with van der Waals surface area (Å²) in [5.41, 5.74) is 0.873. The Balaban J connectivity index is 3.30. The Bertz CT molecular complexity index is 357. The SMILES string of the molecule is COc1cc(C)c(C(=O)O)cc1OC. The molecule has 0 saturated heterocycles. The van der Waals surface area contributed by atoms with Crippen LogP contribution in [0.15, 0.2) is 12.1 Å². The number of rotatable bonds is 3. The van der Waals surface area contributed by atoms with Gasteiger partial charge in [0.05, 0.1) is 19.8 Å². The molecule has 0 radical (unpaired) electrons. The Hall–Kier alpha value is -1.71. The van der Waals surface area contributed by atoms with E-state index >= 15 is 0 Å². The number of methoxy groups -OCH3 is 2. The van der Waals surface area contributed by atoms with Crippen LogP contribution in [0.3, 0.4) is 0 Å². The Morgan fingerprint density at radius 3 is 2.14 bits per heavy atom. The van der Waals surface area contributed by atoms with Gasteiger partial charge < -0.3 is 14.6 Å². The van der Waals surface area contributed by atoms with Crippen molar-refractivity contribution in [1.29, 1.82) is 0 Å². The van der Waals surface area contributed by atoms with Gasteiger partial charge in [-0.2, -0.15) is 0 Å². The summed E-state index contributed by atoms with van der Waals surface area (Å²) in [6, 6.07) is 3.10. The third-order valence-electron chi connectivity index (χ3n) is 1.96. The maximum absolute atomic E-state index is 10.8. The van der Waals surface area contributed by atoms with E-state index in [2.05, 4.69) is 0 Å². The molecule has 76 valence electrons. The van der Waals surface area contributed by atoms with Gasteiger partial charge in [0.25, 0.3) is 0 Å². The fourth-order valence-electron chi connectivity index (χ4n) is 1.21. The molecular formula is C10H12O4. The van der Waals surface area contributed by atoms with Gasteiger partial charge in [-0.3, -0.25) is 0 Å². The Morgan fingerprint density at radius 2 is 1.71 bits per heavy atom. The lowest BCUT2D eigenvalue weighted by molar-refractivity contribution is 0.0695. The third kappa shape index (κ3) is 1.79. The number of aryl methyl sites for hydroxylation is 1. The number of hydrogen-bond donors (Lipinski definition) is 1. The molecule has 0 amide bonds. The van der Waals surface area contributed by atoms with Crippen LogP contribution in [-0.2, 0) is 0 Å². The second-order valence-corrected chi connectivity index (χ2v) is 2.83. The Kier molecular flexibility index (Phi) is 2.96. The number of carbonyl (C=O) groups is 1.